The van der Waals surface area contributed by atoms with E-state index in [1.165, 1.54) is 5.56 Å². The minimum Gasteiger partial charge on any atom is -0.341 e. The number of carbonyl (C=O) groups excluding carboxylic acids is 1. The van der Waals surface area contributed by atoms with Crippen molar-refractivity contribution in [3.63, 3.8) is 0 Å². The molecule has 1 heterocycles. The Hall–Kier alpha value is -1.35. The number of likely N-dealkylation sites (tertiary alicyclic amines) is 1. The average molecular weight is 260 g/mol. The molecule has 0 aromatic heterocycles. The Labute approximate surface area is 115 Å². The molecule has 1 aliphatic heterocycles. The summed E-state index contributed by atoms with van der Waals surface area (Å²) in [5.74, 6) is 0.706. The van der Waals surface area contributed by atoms with E-state index in [9.17, 15) is 4.79 Å². The van der Waals surface area contributed by atoms with E-state index < -0.39 is 0 Å². The molecule has 1 saturated heterocycles. The van der Waals surface area contributed by atoms with Crippen LogP contribution in [0, 0.1) is 5.92 Å². The zero-order chi connectivity index (χ0) is 13.8. The summed E-state index contributed by atoms with van der Waals surface area (Å²) in [6.07, 6.45) is 2.94. The Morgan fingerprint density at radius 1 is 1.37 bits per heavy atom. The van der Waals surface area contributed by atoms with E-state index in [4.69, 9.17) is 5.73 Å². The number of nitrogens with two attached hydrogens (primary N) is 1. The zero-order valence-corrected chi connectivity index (χ0v) is 11.9. The van der Waals surface area contributed by atoms with Crippen LogP contribution < -0.4 is 5.73 Å². The van der Waals surface area contributed by atoms with E-state index in [-0.39, 0.29) is 11.9 Å². The fourth-order valence-electron chi connectivity index (χ4n) is 2.71. The summed E-state index contributed by atoms with van der Waals surface area (Å²) >= 11 is 0. The molecule has 3 nitrogen and oxygen atoms in total. The smallest absolute Gasteiger partial charge is 0.222 e. The van der Waals surface area contributed by atoms with E-state index in [0.29, 0.717) is 18.9 Å². The maximum absolute atomic E-state index is 11.8. The highest BCUT2D eigenvalue weighted by Crippen LogP contribution is 2.20. The number of benzene rings is 1. The van der Waals surface area contributed by atoms with Crippen molar-refractivity contribution in [2.75, 3.05) is 13.1 Å². The molecule has 1 amide bonds. The van der Waals surface area contributed by atoms with Gasteiger partial charge >= 0.3 is 0 Å². The van der Waals surface area contributed by atoms with Gasteiger partial charge in [0, 0.05) is 25.6 Å². The molecule has 2 N–H and O–H groups in total. The first kappa shape index (κ1) is 14.1. The third-order valence-corrected chi connectivity index (χ3v) is 3.77. The number of rotatable bonds is 5. The van der Waals surface area contributed by atoms with Crippen molar-refractivity contribution >= 4 is 5.91 Å². The summed E-state index contributed by atoms with van der Waals surface area (Å²) in [5.41, 5.74) is 8.68. The number of carbonyl (C=O) groups is 1. The minimum atomic E-state index is -0.0788. The van der Waals surface area contributed by atoms with Crippen molar-refractivity contribution in [3.05, 3.63) is 35.4 Å². The summed E-state index contributed by atoms with van der Waals surface area (Å²) < 4.78 is 0. The highest BCUT2D eigenvalue weighted by molar-refractivity contribution is 5.78. The molecule has 0 aliphatic carbocycles. The van der Waals surface area contributed by atoms with Gasteiger partial charge in [0.2, 0.25) is 5.91 Å². The molecule has 0 spiro atoms. The van der Waals surface area contributed by atoms with E-state index in [2.05, 4.69) is 38.1 Å². The van der Waals surface area contributed by atoms with Crippen LogP contribution in [0.25, 0.3) is 0 Å². The molecule has 1 fully saturated rings. The molecule has 1 aliphatic rings. The third-order valence-electron chi connectivity index (χ3n) is 3.77. The molecule has 1 aromatic rings. The van der Waals surface area contributed by atoms with Gasteiger partial charge in [-0.1, -0.05) is 44.5 Å². The Bertz CT molecular complexity index is 427. The largest absolute Gasteiger partial charge is 0.341 e. The van der Waals surface area contributed by atoms with Crippen molar-refractivity contribution in [1.82, 2.24) is 4.90 Å². The lowest BCUT2D eigenvalue weighted by molar-refractivity contribution is -0.127. The predicted molar refractivity (Wildman–Crippen MR) is 77.7 cm³/mol. The first-order valence-corrected chi connectivity index (χ1v) is 7.22. The monoisotopic (exact) mass is 260 g/mol. The summed E-state index contributed by atoms with van der Waals surface area (Å²) in [7, 11) is 0. The molecule has 104 valence electrons. The predicted octanol–water partition coefficient (Wildman–Crippen LogP) is 2.51. The standard InChI is InChI=1S/C16H24N2O/c1-3-4-13-5-7-14(8-6-13)15(17)11-18-10-12(2)9-16(18)19/h5-8,12,15H,3-4,9-11,17H2,1-2H3. The zero-order valence-electron chi connectivity index (χ0n) is 11.9. The van der Waals surface area contributed by atoms with Crippen LogP contribution in [0.3, 0.4) is 0 Å². The number of aryl methyl sites for hydroxylation is 1. The van der Waals surface area contributed by atoms with Crippen LogP contribution >= 0.6 is 0 Å². The minimum absolute atomic E-state index is 0.0788. The SMILES string of the molecule is CCCc1ccc(C(N)CN2CC(C)CC2=O)cc1. The number of hydrogen-bond donors (Lipinski definition) is 1. The van der Waals surface area contributed by atoms with Gasteiger partial charge in [-0.3, -0.25) is 4.79 Å². The summed E-state index contributed by atoms with van der Waals surface area (Å²) in [6.45, 7) is 5.78. The summed E-state index contributed by atoms with van der Waals surface area (Å²) in [4.78, 5) is 13.7. The van der Waals surface area contributed by atoms with Gasteiger partial charge in [0.25, 0.3) is 0 Å². The Morgan fingerprint density at radius 2 is 2.05 bits per heavy atom. The fourth-order valence-corrected chi connectivity index (χ4v) is 2.71. The molecule has 3 heteroatoms. The first-order chi connectivity index (χ1) is 9.10. The van der Waals surface area contributed by atoms with Crippen molar-refractivity contribution in [2.45, 2.75) is 39.2 Å². The lowest BCUT2D eigenvalue weighted by atomic mass is 10.0. The summed E-state index contributed by atoms with van der Waals surface area (Å²) in [5, 5.41) is 0. The van der Waals surface area contributed by atoms with Crippen LogP contribution in [-0.2, 0) is 11.2 Å². The maximum Gasteiger partial charge on any atom is 0.222 e. The quantitative estimate of drug-likeness (QED) is 0.884. The maximum atomic E-state index is 11.8. The van der Waals surface area contributed by atoms with Crippen molar-refractivity contribution in [2.24, 2.45) is 11.7 Å². The van der Waals surface area contributed by atoms with Crippen LogP contribution in [0.2, 0.25) is 0 Å². The highest BCUT2D eigenvalue weighted by atomic mass is 16.2. The average Bonchev–Trinajstić information content (AvgIpc) is 2.69. The normalized spacial score (nSPS) is 20.9. The lowest BCUT2D eigenvalue weighted by Crippen LogP contribution is -2.33. The van der Waals surface area contributed by atoms with Gasteiger partial charge in [-0.25, -0.2) is 0 Å². The molecule has 19 heavy (non-hydrogen) atoms. The van der Waals surface area contributed by atoms with E-state index >= 15 is 0 Å². The number of nitrogens with zero attached hydrogens (tertiary/aromatic N) is 1. The van der Waals surface area contributed by atoms with Crippen LogP contribution in [-0.4, -0.2) is 23.9 Å². The molecule has 0 bridgehead atoms. The van der Waals surface area contributed by atoms with Crippen LogP contribution in [0.5, 0.6) is 0 Å². The van der Waals surface area contributed by atoms with Gasteiger partial charge in [0.05, 0.1) is 0 Å². The van der Waals surface area contributed by atoms with Gasteiger partial charge in [-0.2, -0.15) is 0 Å². The van der Waals surface area contributed by atoms with Gasteiger partial charge < -0.3 is 10.6 Å². The van der Waals surface area contributed by atoms with Gasteiger partial charge in [0.15, 0.2) is 0 Å². The Kier molecular flexibility index (Phi) is 4.59. The van der Waals surface area contributed by atoms with E-state index in [0.717, 1.165) is 24.9 Å². The molecule has 2 rings (SSSR count). The first-order valence-electron chi connectivity index (χ1n) is 7.22. The van der Waals surface area contributed by atoms with E-state index in [1.807, 2.05) is 4.90 Å². The van der Waals surface area contributed by atoms with Crippen molar-refractivity contribution in [3.8, 4) is 0 Å². The number of hydrogen-bond acceptors (Lipinski definition) is 2. The highest BCUT2D eigenvalue weighted by Gasteiger charge is 2.27. The van der Waals surface area contributed by atoms with Gasteiger partial charge in [0.1, 0.15) is 0 Å². The second-order valence-electron chi connectivity index (χ2n) is 5.71. The molecule has 2 unspecified atom stereocenters. The molecule has 0 radical (unpaired) electrons. The fraction of sp³-hybridized carbons (Fsp3) is 0.562. The van der Waals surface area contributed by atoms with Crippen LogP contribution in [0.1, 0.15) is 43.9 Å². The van der Waals surface area contributed by atoms with Crippen molar-refractivity contribution < 1.29 is 4.79 Å². The molecular weight excluding hydrogens is 236 g/mol. The molecule has 1 aromatic carbocycles. The van der Waals surface area contributed by atoms with Gasteiger partial charge in [-0.05, 0) is 23.5 Å². The molecular formula is C16H24N2O. The lowest BCUT2D eigenvalue weighted by Gasteiger charge is -2.21. The molecule has 0 saturated carbocycles. The Balaban J connectivity index is 1.95. The third kappa shape index (κ3) is 3.57. The van der Waals surface area contributed by atoms with E-state index in [1.54, 1.807) is 0 Å². The second kappa shape index (κ2) is 6.20. The summed E-state index contributed by atoms with van der Waals surface area (Å²) in [6, 6.07) is 8.41. The number of amides is 1. The topological polar surface area (TPSA) is 46.3 Å². The second-order valence-corrected chi connectivity index (χ2v) is 5.71. The molecule has 2 atom stereocenters. The van der Waals surface area contributed by atoms with Crippen LogP contribution in [0.4, 0.5) is 0 Å². The Morgan fingerprint density at radius 3 is 2.58 bits per heavy atom. The van der Waals surface area contributed by atoms with Gasteiger partial charge in [-0.15, -0.1) is 0 Å². The van der Waals surface area contributed by atoms with Crippen LogP contribution in [0.15, 0.2) is 24.3 Å². The van der Waals surface area contributed by atoms with Crippen molar-refractivity contribution in [1.29, 1.82) is 0 Å².